The van der Waals surface area contributed by atoms with Crippen molar-refractivity contribution in [1.82, 2.24) is 5.32 Å². The molecule has 1 heterocycles. The van der Waals surface area contributed by atoms with Crippen molar-refractivity contribution in [2.45, 2.75) is 13.0 Å². The van der Waals surface area contributed by atoms with Crippen LogP contribution in [0.15, 0.2) is 15.2 Å². The third-order valence-corrected chi connectivity index (χ3v) is 2.99. The van der Waals surface area contributed by atoms with Gasteiger partial charge in [-0.25, -0.2) is 0 Å². The minimum Gasteiger partial charge on any atom is -0.394 e. The largest absolute Gasteiger partial charge is 0.394 e. The maximum atomic E-state index is 11.4. The van der Waals surface area contributed by atoms with Crippen molar-refractivity contribution in [3.8, 4) is 0 Å². The van der Waals surface area contributed by atoms with Gasteiger partial charge < -0.3 is 10.4 Å². The number of carbonyl (C=O) groups excluding carboxylic acids is 1. The van der Waals surface area contributed by atoms with Crippen molar-refractivity contribution in [1.29, 1.82) is 0 Å². The summed E-state index contributed by atoms with van der Waals surface area (Å²) in [5.41, 5.74) is 0.622. The van der Waals surface area contributed by atoms with Crippen molar-refractivity contribution in [3.05, 3.63) is 20.8 Å². The van der Waals surface area contributed by atoms with Crippen LogP contribution in [0.5, 0.6) is 0 Å². The number of hydrogen-bond acceptors (Lipinski definition) is 3. The summed E-state index contributed by atoms with van der Waals surface area (Å²) in [6.07, 6.45) is 0. The van der Waals surface area contributed by atoms with Gasteiger partial charge in [0.25, 0.3) is 5.91 Å². The summed E-state index contributed by atoms with van der Waals surface area (Å²) in [5, 5.41) is 13.1. The average Bonchev–Trinajstić information content (AvgIpc) is 2.51. The minimum absolute atomic E-state index is 0.0446. The molecule has 1 aromatic heterocycles. The van der Waals surface area contributed by atoms with E-state index in [0.29, 0.717) is 5.56 Å². The van der Waals surface area contributed by atoms with Gasteiger partial charge >= 0.3 is 0 Å². The van der Waals surface area contributed by atoms with Gasteiger partial charge in [-0.3, -0.25) is 4.79 Å². The number of aliphatic hydroxyl groups excluding tert-OH is 1. The van der Waals surface area contributed by atoms with Gasteiger partial charge in [0.15, 0.2) is 0 Å². The van der Waals surface area contributed by atoms with E-state index in [1.54, 1.807) is 18.4 Å². The van der Waals surface area contributed by atoms with Crippen LogP contribution in [-0.4, -0.2) is 23.7 Å². The second-order valence-electron chi connectivity index (χ2n) is 2.70. The maximum absolute atomic E-state index is 11.4. The number of halogens is 1. The van der Waals surface area contributed by atoms with E-state index >= 15 is 0 Å². The van der Waals surface area contributed by atoms with Crippen LogP contribution in [0.3, 0.4) is 0 Å². The lowest BCUT2D eigenvalue weighted by Gasteiger charge is -2.08. The molecule has 1 atom stereocenters. The smallest absolute Gasteiger partial charge is 0.252 e. The molecule has 0 aliphatic heterocycles. The Kier molecular flexibility index (Phi) is 3.90. The van der Waals surface area contributed by atoms with Gasteiger partial charge in [0, 0.05) is 11.4 Å². The van der Waals surface area contributed by atoms with E-state index in [-0.39, 0.29) is 18.6 Å². The van der Waals surface area contributed by atoms with Crippen LogP contribution in [-0.2, 0) is 0 Å². The summed E-state index contributed by atoms with van der Waals surface area (Å²) in [5.74, 6) is -0.150. The minimum atomic E-state index is -0.203. The summed E-state index contributed by atoms with van der Waals surface area (Å²) >= 11 is 4.73. The molecule has 0 bridgehead atoms. The first-order valence-corrected chi connectivity index (χ1v) is 5.46. The van der Waals surface area contributed by atoms with Gasteiger partial charge in [0.2, 0.25) is 0 Å². The Balaban J connectivity index is 2.58. The molecule has 2 N–H and O–H groups in total. The summed E-state index contributed by atoms with van der Waals surface area (Å²) < 4.78 is 0.925. The molecule has 0 aliphatic rings. The summed E-state index contributed by atoms with van der Waals surface area (Å²) in [6.45, 7) is 1.70. The molecule has 3 nitrogen and oxygen atoms in total. The predicted molar refractivity (Wildman–Crippen MR) is 56.0 cm³/mol. The molecule has 13 heavy (non-hydrogen) atoms. The molecular weight excluding hydrogens is 254 g/mol. The second kappa shape index (κ2) is 4.74. The molecule has 0 aliphatic carbocycles. The van der Waals surface area contributed by atoms with Crippen LogP contribution >= 0.6 is 27.3 Å². The van der Waals surface area contributed by atoms with Crippen molar-refractivity contribution >= 4 is 33.2 Å². The fourth-order valence-electron chi connectivity index (χ4n) is 0.782. The van der Waals surface area contributed by atoms with E-state index in [9.17, 15) is 4.79 Å². The molecule has 0 saturated carbocycles. The van der Waals surface area contributed by atoms with Crippen LogP contribution in [0.4, 0.5) is 0 Å². The summed E-state index contributed by atoms with van der Waals surface area (Å²) in [7, 11) is 0. The van der Waals surface area contributed by atoms with E-state index in [2.05, 4.69) is 21.2 Å². The fraction of sp³-hybridized carbons (Fsp3) is 0.375. The van der Waals surface area contributed by atoms with Gasteiger partial charge in [0.05, 0.1) is 16.0 Å². The molecule has 1 aromatic rings. The zero-order chi connectivity index (χ0) is 9.84. The average molecular weight is 264 g/mol. The number of rotatable bonds is 3. The van der Waals surface area contributed by atoms with E-state index in [1.807, 2.05) is 0 Å². The zero-order valence-electron chi connectivity index (χ0n) is 7.08. The SMILES string of the molecule is C[C@@H](CO)NC(=O)c1csc(Br)c1. The molecule has 0 radical (unpaired) electrons. The Morgan fingerprint density at radius 1 is 1.85 bits per heavy atom. The van der Waals surface area contributed by atoms with E-state index in [4.69, 9.17) is 5.11 Å². The van der Waals surface area contributed by atoms with Crippen molar-refractivity contribution in [3.63, 3.8) is 0 Å². The first-order valence-electron chi connectivity index (χ1n) is 3.79. The number of thiophene rings is 1. The molecule has 5 heteroatoms. The lowest BCUT2D eigenvalue weighted by atomic mass is 10.3. The zero-order valence-corrected chi connectivity index (χ0v) is 9.48. The highest BCUT2D eigenvalue weighted by Crippen LogP contribution is 2.20. The first kappa shape index (κ1) is 10.7. The highest BCUT2D eigenvalue weighted by atomic mass is 79.9. The number of hydrogen-bond donors (Lipinski definition) is 2. The first-order chi connectivity index (χ1) is 6.13. The van der Waals surface area contributed by atoms with Gasteiger partial charge in [0.1, 0.15) is 0 Å². The lowest BCUT2D eigenvalue weighted by Crippen LogP contribution is -2.34. The monoisotopic (exact) mass is 263 g/mol. The highest BCUT2D eigenvalue weighted by Gasteiger charge is 2.09. The third kappa shape index (κ3) is 3.10. The number of aliphatic hydroxyl groups is 1. The molecule has 1 rings (SSSR count). The molecular formula is C8H10BrNO2S. The van der Waals surface area contributed by atoms with Gasteiger partial charge in [-0.2, -0.15) is 0 Å². The van der Waals surface area contributed by atoms with E-state index in [0.717, 1.165) is 3.79 Å². The Hall–Kier alpha value is -0.390. The van der Waals surface area contributed by atoms with Crippen LogP contribution in [0.2, 0.25) is 0 Å². The van der Waals surface area contributed by atoms with Gasteiger partial charge in [-0.05, 0) is 28.9 Å². The van der Waals surface area contributed by atoms with Crippen molar-refractivity contribution in [2.24, 2.45) is 0 Å². The fourth-order valence-corrected chi connectivity index (χ4v) is 1.92. The Bertz CT molecular complexity index is 300. The molecule has 0 saturated heterocycles. The van der Waals surface area contributed by atoms with E-state index < -0.39 is 0 Å². The maximum Gasteiger partial charge on any atom is 0.252 e. The summed E-state index contributed by atoms with van der Waals surface area (Å²) in [4.78, 5) is 11.4. The number of nitrogens with one attached hydrogen (secondary N) is 1. The van der Waals surface area contributed by atoms with Crippen LogP contribution in [0.1, 0.15) is 17.3 Å². The molecule has 0 aromatic carbocycles. The quantitative estimate of drug-likeness (QED) is 0.871. The van der Waals surface area contributed by atoms with Crippen molar-refractivity contribution < 1.29 is 9.90 Å². The Labute approximate surface area is 88.9 Å². The second-order valence-corrected chi connectivity index (χ2v) is 4.99. The number of carbonyl (C=O) groups is 1. The Morgan fingerprint density at radius 3 is 3.00 bits per heavy atom. The van der Waals surface area contributed by atoms with Crippen molar-refractivity contribution in [2.75, 3.05) is 6.61 Å². The summed E-state index contributed by atoms with van der Waals surface area (Å²) in [6, 6.07) is 1.55. The van der Waals surface area contributed by atoms with Gasteiger partial charge in [-0.1, -0.05) is 0 Å². The van der Waals surface area contributed by atoms with Crippen LogP contribution in [0.25, 0.3) is 0 Å². The number of amides is 1. The predicted octanol–water partition coefficient (Wildman–Crippen LogP) is 1.62. The highest BCUT2D eigenvalue weighted by molar-refractivity contribution is 9.11. The van der Waals surface area contributed by atoms with Crippen LogP contribution in [0, 0.1) is 0 Å². The Morgan fingerprint density at radius 2 is 2.54 bits per heavy atom. The molecule has 0 unspecified atom stereocenters. The third-order valence-electron chi connectivity index (χ3n) is 1.48. The molecule has 0 fully saturated rings. The van der Waals surface area contributed by atoms with Gasteiger partial charge in [-0.15, -0.1) is 11.3 Å². The molecule has 72 valence electrons. The lowest BCUT2D eigenvalue weighted by molar-refractivity contribution is 0.0923. The van der Waals surface area contributed by atoms with E-state index in [1.165, 1.54) is 11.3 Å². The standard InChI is InChI=1S/C8H10BrNO2S/c1-5(3-11)10-8(12)6-2-7(9)13-4-6/h2,4-5,11H,3H2,1H3,(H,10,12)/t5-/m0/s1. The normalized spacial score (nSPS) is 12.5. The topological polar surface area (TPSA) is 49.3 Å². The molecule has 1 amide bonds. The molecule has 0 spiro atoms. The van der Waals surface area contributed by atoms with Crippen LogP contribution < -0.4 is 5.32 Å².